The van der Waals surface area contributed by atoms with Crippen LogP contribution in [0.25, 0.3) is 10.2 Å². The number of aromatic nitrogens is 1. The number of carbonyl (C=O) groups is 1. The molecular weight excluding hydrogens is 495 g/mol. The molecule has 0 bridgehead atoms. The van der Waals surface area contributed by atoms with E-state index in [0.29, 0.717) is 23.3 Å². The molecule has 2 aromatic carbocycles. The Morgan fingerprint density at radius 3 is 2.50 bits per heavy atom. The Morgan fingerprint density at radius 2 is 1.85 bits per heavy atom. The summed E-state index contributed by atoms with van der Waals surface area (Å²) < 4.78 is 41.1. The average molecular weight is 517 g/mol. The Morgan fingerprint density at radius 1 is 1.12 bits per heavy atom. The fourth-order valence-corrected chi connectivity index (χ4v) is 6.23. The van der Waals surface area contributed by atoms with Gasteiger partial charge in [0.2, 0.25) is 15.2 Å². The van der Waals surface area contributed by atoms with Gasteiger partial charge in [0.1, 0.15) is 5.82 Å². The molecule has 4 rings (SSSR count). The lowest BCUT2D eigenvalue weighted by molar-refractivity contribution is 0.0987. The lowest BCUT2D eigenvalue weighted by Crippen LogP contribution is -2.30. The van der Waals surface area contributed by atoms with E-state index in [1.54, 1.807) is 26.1 Å². The van der Waals surface area contributed by atoms with Crippen molar-refractivity contribution in [3.63, 3.8) is 0 Å². The van der Waals surface area contributed by atoms with Gasteiger partial charge in [0.15, 0.2) is 0 Å². The van der Waals surface area contributed by atoms with E-state index < -0.39 is 21.7 Å². The van der Waals surface area contributed by atoms with E-state index in [0.717, 1.165) is 21.2 Å². The number of anilines is 1. The molecule has 2 aromatic heterocycles. The van der Waals surface area contributed by atoms with E-state index in [1.807, 2.05) is 17.5 Å². The van der Waals surface area contributed by atoms with E-state index >= 15 is 0 Å². The van der Waals surface area contributed by atoms with Gasteiger partial charge in [0.05, 0.1) is 21.3 Å². The first-order valence-corrected chi connectivity index (χ1v) is 13.6. The second-order valence-electron chi connectivity index (χ2n) is 7.10. The third kappa shape index (κ3) is 4.92. The zero-order chi connectivity index (χ0) is 24.3. The lowest BCUT2D eigenvalue weighted by Gasteiger charge is -2.19. The van der Waals surface area contributed by atoms with Gasteiger partial charge in [-0.3, -0.25) is 4.79 Å². The quantitative estimate of drug-likeness (QED) is 0.238. The van der Waals surface area contributed by atoms with Crippen LogP contribution in [0.1, 0.15) is 29.1 Å². The smallest absolute Gasteiger partial charge is 0.267 e. The molecule has 0 N–H and O–H groups in total. The summed E-state index contributed by atoms with van der Waals surface area (Å²) in [7, 11) is -3.64. The maximum Gasteiger partial charge on any atom is 0.280 e. The van der Waals surface area contributed by atoms with Gasteiger partial charge in [-0.05, 0) is 53.9 Å². The highest BCUT2D eigenvalue weighted by Crippen LogP contribution is 2.31. The first-order valence-electron chi connectivity index (χ1n) is 10.4. The number of fused-ring (bicyclic) bond motifs is 1. The second kappa shape index (κ2) is 10.1. The highest BCUT2D eigenvalue weighted by Gasteiger charge is 2.24. The number of nitrogens with zero attached hydrogens (tertiary/aromatic N) is 4. The Hall–Kier alpha value is -2.99. The first kappa shape index (κ1) is 24.1. The molecule has 0 aliphatic rings. The lowest BCUT2D eigenvalue weighted by atomic mass is 10.2. The first-order chi connectivity index (χ1) is 16.3. The van der Waals surface area contributed by atoms with Crippen molar-refractivity contribution >= 4 is 60.2 Å². The molecule has 0 saturated heterocycles. The topological polar surface area (TPSA) is 82.9 Å². The predicted molar refractivity (Wildman–Crippen MR) is 135 cm³/mol. The summed E-state index contributed by atoms with van der Waals surface area (Å²) in [6, 6.07) is 13.7. The molecule has 0 saturated carbocycles. The van der Waals surface area contributed by atoms with Gasteiger partial charge in [-0.15, -0.1) is 11.3 Å². The number of halogens is 1. The van der Waals surface area contributed by atoms with Gasteiger partial charge in [-0.25, -0.2) is 17.8 Å². The van der Waals surface area contributed by atoms with E-state index in [2.05, 4.69) is 10.1 Å². The number of carbonyl (C=O) groups excluding carboxylic acids is 1. The highest BCUT2D eigenvalue weighted by atomic mass is 32.2. The Bertz CT molecular complexity index is 1430. The van der Waals surface area contributed by atoms with E-state index in [-0.39, 0.29) is 15.6 Å². The van der Waals surface area contributed by atoms with Crippen LogP contribution < -0.4 is 5.01 Å². The molecule has 7 nitrogen and oxygen atoms in total. The number of benzene rings is 2. The minimum atomic E-state index is -3.64. The normalized spacial score (nSPS) is 12.1. The summed E-state index contributed by atoms with van der Waals surface area (Å²) in [4.78, 5) is 18.8. The van der Waals surface area contributed by atoms with Crippen molar-refractivity contribution in [1.82, 2.24) is 9.29 Å². The van der Waals surface area contributed by atoms with Crippen molar-refractivity contribution in [1.29, 1.82) is 0 Å². The molecule has 176 valence electrons. The van der Waals surface area contributed by atoms with Gasteiger partial charge >= 0.3 is 0 Å². The third-order valence-electron chi connectivity index (χ3n) is 5.00. The standard InChI is InChI=1S/C23H21FN4O3S3/c1-3-27(4-2)34(30,31)19-10-7-16(8-11-19)22(29)28(25-15-18-6-5-13-32-18)23-26-20-12-9-17(24)14-21(20)33-23/h5-15H,3-4H2,1-2H3/b25-15+. The molecule has 0 atom stereocenters. The van der Waals surface area contributed by atoms with Gasteiger partial charge in [-0.1, -0.05) is 31.3 Å². The van der Waals surface area contributed by atoms with Crippen LogP contribution in [-0.4, -0.2) is 42.9 Å². The van der Waals surface area contributed by atoms with Crippen LogP contribution in [0.4, 0.5) is 9.52 Å². The summed E-state index contributed by atoms with van der Waals surface area (Å²) >= 11 is 2.60. The minimum absolute atomic E-state index is 0.108. The van der Waals surface area contributed by atoms with Crippen molar-refractivity contribution in [2.24, 2.45) is 5.10 Å². The molecule has 0 radical (unpaired) electrons. The molecule has 0 unspecified atom stereocenters. The fraction of sp³-hybridized carbons (Fsp3) is 0.174. The third-order valence-corrected chi connectivity index (χ3v) is 8.87. The maximum atomic E-state index is 13.7. The zero-order valence-electron chi connectivity index (χ0n) is 18.4. The number of hydrazone groups is 1. The Kier molecular flexibility index (Phi) is 7.17. The minimum Gasteiger partial charge on any atom is -0.267 e. The summed E-state index contributed by atoms with van der Waals surface area (Å²) in [6.45, 7) is 4.24. The van der Waals surface area contributed by atoms with Crippen molar-refractivity contribution in [2.75, 3.05) is 18.1 Å². The summed E-state index contributed by atoms with van der Waals surface area (Å²) in [5.41, 5.74) is 0.790. The van der Waals surface area contributed by atoms with E-state index in [4.69, 9.17) is 0 Å². The number of hydrogen-bond donors (Lipinski definition) is 0. The molecule has 0 aliphatic heterocycles. The zero-order valence-corrected chi connectivity index (χ0v) is 20.8. The molecule has 11 heteroatoms. The van der Waals surface area contributed by atoms with Crippen molar-refractivity contribution in [3.05, 3.63) is 76.2 Å². The van der Waals surface area contributed by atoms with Gasteiger partial charge in [0.25, 0.3) is 5.91 Å². The van der Waals surface area contributed by atoms with Crippen LogP contribution in [-0.2, 0) is 10.0 Å². The summed E-state index contributed by atoms with van der Waals surface area (Å²) in [5.74, 6) is -0.883. The predicted octanol–water partition coefficient (Wildman–Crippen LogP) is 5.21. The molecular formula is C23H21FN4O3S3. The molecule has 0 fully saturated rings. The number of sulfonamides is 1. The molecule has 0 spiro atoms. The van der Waals surface area contributed by atoms with Crippen LogP contribution >= 0.6 is 22.7 Å². The van der Waals surface area contributed by atoms with E-state index in [9.17, 15) is 17.6 Å². The number of thiazole rings is 1. The number of amides is 1. The number of rotatable bonds is 8. The fourth-order valence-electron chi connectivity index (χ4n) is 3.25. The largest absolute Gasteiger partial charge is 0.280 e. The monoisotopic (exact) mass is 516 g/mol. The van der Waals surface area contributed by atoms with Crippen LogP contribution in [0.2, 0.25) is 0 Å². The van der Waals surface area contributed by atoms with Crippen LogP contribution in [0, 0.1) is 5.82 Å². The number of hydrogen-bond acceptors (Lipinski definition) is 7. The second-order valence-corrected chi connectivity index (χ2v) is 11.0. The molecule has 0 aliphatic carbocycles. The number of thiophene rings is 1. The molecule has 2 heterocycles. The average Bonchev–Trinajstić information content (AvgIpc) is 3.49. The molecule has 34 heavy (non-hydrogen) atoms. The van der Waals surface area contributed by atoms with Gasteiger partial charge in [0, 0.05) is 23.5 Å². The SMILES string of the molecule is CCN(CC)S(=O)(=O)c1ccc(C(=O)N(/N=C/c2cccs2)c2nc3ccc(F)cc3s2)cc1. The Labute approximate surface area is 204 Å². The van der Waals surface area contributed by atoms with Crippen LogP contribution in [0.5, 0.6) is 0 Å². The molecule has 4 aromatic rings. The van der Waals surface area contributed by atoms with Crippen molar-refractivity contribution < 1.29 is 17.6 Å². The summed E-state index contributed by atoms with van der Waals surface area (Å²) in [6.07, 6.45) is 1.55. The molecule has 1 amide bonds. The van der Waals surface area contributed by atoms with Crippen LogP contribution in [0.3, 0.4) is 0 Å². The van der Waals surface area contributed by atoms with Gasteiger partial charge < -0.3 is 0 Å². The Balaban J connectivity index is 1.70. The summed E-state index contributed by atoms with van der Waals surface area (Å²) in [5, 5.41) is 7.67. The van der Waals surface area contributed by atoms with E-state index in [1.165, 1.54) is 52.0 Å². The van der Waals surface area contributed by atoms with Crippen LogP contribution in [0.15, 0.2) is 70.0 Å². The maximum absolute atomic E-state index is 13.7. The van der Waals surface area contributed by atoms with Gasteiger partial charge in [-0.2, -0.15) is 14.4 Å². The van der Waals surface area contributed by atoms with Crippen molar-refractivity contribution in [2.45, 2.75) is 18.7 Å². The van der Waals surface area contributed by atoms with Crippen molar-refractivity contribution in [3.8, 4) is 0 Å². The highest BCUT2D eigenvalue weighted by molar-refractivity contribution is 7.89.